The van der Waals surface area contributed by atoms with Crippen LogP contribution in [-0.4, -0.2) is 34.1 Å². The Morgan fingerprint density at radius 3 is 2.25 bits per heavy atom. The zero-order valence-electron chi connectivity index (χ0n) is 25.9. The summed E-state index contributed by atoms with van der Waals surface area (Å²) in [5.74, 6) is -0.114. The van der Waals surface area contributed by atoms with Crippen molar-refractivity contribution in [2.75, 3.05) is 6.54 Å². The number of hydrogen-bond acceptors (Lipinski definition) is 5. The van der Waals surface area contributed by atoms with Gasteiger partial charge in [-0.1, -0.05) is 83.6 Å². The molecule has 1 aliphatic heterocycles. The smallest absolute Gasteiger partial charge is 0.263 e. The van der Waals surface area contributed by atoms with Gasteiger partial charge in [-0.25, -0.2) is 0 Å². The van der Waals surface area contributed by atoms with Gasteiger partial charge in [0.05, 0.1) is 20.9 Å². The zero-order chi connectivity index (χ0) is 30.8. The van der Waals surface area contributed by atoms with E-state index in [2.05, 4.69) is 67.8 Å². The van der Waals surface area contributed by atoms with Crippen LogP contribution in [-0.2, 0) is 6.54 Å². The summed E-state index contributed by atoms with van der Waals surface area (Å²) in [5, 5.41) is 2.36. The Hall–Kier alpha value is -3.55. The van der Waals surface area contributed by atoms with Crippen molar-refractivity contribution in [2.45, 2.75) is 78.7 Å². The molecular formula is C37H40N2O3S2. The molecule has 1 atom stereocenters. The molecule has 2 aromatic carbocycles. The maximum Gasteiger partial charge on any atom is 0.263 e. The van der Waals surface area contributed by atoms with E-state index >= 15 is 0 Å². The van der Waals surface area contributed by atoms with E-state index in [1.54, 1.807) is 6.07 Å². The number of carbonyl (C=O) groups is 3. The maximum atomic E-state index is 14.1. The average Bonchev–Trinajstić information content (AvgIpc) is 3.81. The molecular weight excluding hydrogens is 585 g/mol. The van der Waals surface area contributed by atoms with Crippen LogP contribution in [0.15, 0.2) is 54.6 Å². The predicted octanol–water partition coefficient (Wildman–Crippen LogP) is 10.5. The second-order valence-electron chi connectivity index (χ2n) is 11.9. The van der Waals surface area contributed by atoms with E-state index in [1.807, 2.05) is 6.07 Å². The number of unbranched alkanes of at least 4 members (excludes halogenated alkanes) is 4. The highest BCUT2D eigenvalue weighted by atomic mass is 32.1. The Labute approximate surface area is 267 Å². The standard InChI is InChI=1S/C37H40N2O3S2/c1-4-7-9-12-20-38-29-15-11-10-14-27(29)28-21-25(16-18-30(28)38)34-32-33(35(44-34)31-19-17-26(23-40)43-31)37(42)39(36(32)41)22-24(6-3)13-8-5-2/h10-11,14-19,21,23-24H,4-9,12-13,20,22H2,1-3H3. The lowest BCUT2D eigenvalue weighted by Gasteiger charge is -2.22. The van der Waals surface area contributed by atoms with Crippen molar-refractivity contribution in [3.63, 3.8) is 0 Å². The molecule has 44 heavy (non-hydrogen) atoms. The fraction of sp³-hybridized carbons (Fsp3) is 0.378. The van der Waals surface area contributed by atoms with Crippen molar-refractivity contribution in [1.29, 1.82) is 0 Å². The molecule has 6 rings (SSSR count). The number of rotatable bonds is 14. The summed E-state index contributed by atoms with van der Waals surface area (Å²) >= 11 is 2.87. The Morgan fingerprint density at radius 2 is 1.52 bits per heavy atom. The summed E-state index contributed by atoms with van der Waals surface area (Å²) in [6, 6.07) is 18.7. The van der Waals surface area contributed by atoms with Gasteiger partial charge in [0.2, 0.25) is 0 Å². The molecule has 0 bridgehead atoms. The molecule has 5 aromatic rings. The second-order valence-corrected chi connectivity index (χ2v) is 14.1. The van der Waals surface area contributed by atoms with Crippen molar-refractivity contribution in [2.24, 2.45) is 5.92 Å². The molecule has 0 saturated heterocycles. The number of fused-ring (bicyclic) bond motifs is 4. The Kier molecular flexibility index (Phi) is 9.15. The van der Waals surface area contributed by atoms with Crippen LogP contribution in [0.2, 0.25) is 0 Å². The van der Waals surface area contributed by atoms with Gasteiger partial charge in [0.15, 0.2) is 6.29 Å². The summed E-state index contributed by atoms with van der Waals surface area (Å²) in [5.41, 5.74) is 4.39. The van der Waals surface area contributed by atoms with Gasteiger partial charge in [-0.15, -0.1) is 22.7 Å². The van der Waals surface area contributed by atoms with Gasteiger partial charge in [-0.2, -0.15) is 0 Å². The minimum atomic E-state index is -0.205. The highest BCUT2D eigenvalue weighted by Gasteiger charge is 2.43. The van der Waals surface area contributed by atoms with Crippen molar-refractivity contribution >= 4 is 62.6 Å². The number of benzene rings is 2. The first-order valence-corrected chi connectivity index (χ1v) is 17.7. The van der Waals surface area contributed by atoms with Crippen molar-refractivity contribution in [3.05, 3.63) is 70.6 Å². The van der Waals surface area contributed by atoms with Gasteiger partial charge < -0.3 is 4.57 Å². The molecule has 0 spiro atoms. The lowest BCUT2D eigenvalue weighted by molar-refractivity contribution is 0.0624. The van der Waals surface area contributed by atoms with Crippen LogP contribution in [0.3, 0.4) is 0 Å². The van der Waals surface area contributed by atoms with E-state index in [4.69, 9.17) is 0 Å². The van der Waals surface area contributed by atoms with Crippen LogP contribution in [0.4, 0.5) is 0 Å². The number of nitrogens with zero attached hydrogens (tertiary/aromatic N) is 2. The first-order chi connectivity index (χ1) is 21.5. The van der Waals surface area contributed by atoms with E-state index in [9.17, 15) is 14.4 Å². The Balaban J connectivity index is 1.47. The molecule has 0 aliphatic carbocycles. The number of aryl methyl sites for hydroxylation is 1. The largest absolute Gasteiger partial charge is 0.340 e. The number of aldehydes is 1. The molecule has 0 N–H and O–H groups in total. The molecule has 0 fully saturated rings. The molecule has 4 heterocycles. The SMILES string of the molecule is CCCCCCn1c2ccccc2c2cc(-c3sc(-c4ccc(C=O)s4)c4c3C(=O)N(CC(CC)CCCC)C4=O)ccc21. The zero-order valence-corrected chi connectivity index (χ0v) is 27.5. The number of amides is 2. The molecule has 0 radical (unpaired) electrons. The van der Waals surface area contributed by atoms with Crippen molar-refractivity contribution in [3.8, 4) is 20.2 Å². The van der Waals surface area contributed by atoms with Gasteiger partial charge in [-0.05, 0) is 54.7 Å². The van der Waals surface area contributed by atoms with Crippen LogP contribution in [0.1, 0.15) is 103 Å². The van der Waals surface area contributed by atoms with Gasteiger partial charge in [-0.3, -0.25) is 19.3 Å². The second kappa shape index (κ2) is 13.2. The number of carbonyl (C=O) groups excluding carboxylic acids is 3. The number of para-hydroxylation sites is 1. The van der Waals surface area contributed by atoms with Crippen LogP contribution in [0.5, 0.6) is 0 Å². The van der Waals surface area contributed by atoms with Crippen LogP contribution in [0.25, 0.3) is 42.0 Å². The van der Waals surface area contributed by atoms with E-state index < -0.39 is 0 Å². The van der Waals surface area contributed by atoms with Crippen molar-refractivity contribution < 1.29 is 14.4 Å². The molecule has 1 unspecified atom stereocenters. The minimum Gasteiger partial charge on any atom is -0.340 e. The normalized spacial score (nSPS) is 13.8. The molecule has 3 aromatic heterocycles. The number of thiophene rings is 2. The maximum absolute atomic E-state index is 14.1. The summed E-state index contributed by atoms with van der Waals surface area (Å²) in [7, 11) is 0. The van der Waals surface area contributed by atoms with Crippen molar-refractivity contribution in [1.82, 2.24) is 9.47 Å². The summed E-state index contributed by atoms with van der Waals surface area (Å²) in [4.78, 5) is 44.3. The number of imide groups is 1. The predicted molar refractivity (Wildman–Crippen MR) is 184 cm³/mol. The molecule has 2 amide bonds. The molecule has 0 saturated carbocycles. The first-order valence-electron chi connectivity index (χ1n) is 16.1. The highest BCUT2D eigenvalue weighted by Crippen LogP contribution is 2.48. The third kappa shape index (κ3) is 5.45. The lowest BCUT2D eigenvalue weighted by Crippen LogP contribution is -2.34. The summed E-state index contributed by atoms with van der Waals surface area (Å²) in [6.45, 7) is 7.96. The van der Waals surface area contributed by atoms with Gasteiger partial charge in [0.1, 0.15) is 0 Å². The van der Waals surface area contributed by atoms with E-state index in [0.29, 0.717) is 22.5 Å². The van der Waals surface area contributed by atoms with E-state index in [0.717, 1.165) is 70.5 Å². The summed E-state index contributed by atoms with van der Waals surface area (Å²) in [6.07, 6.45) is 9.75. The lowest BCUT2D eigenvalue weighted by atomic mass is 9.99. The number of hydrogen-bond donors (Lipinski definition) is 0. The molecule has 1 aliphatic rings. The van der Waals surface area contributed by atoms with Crippen LogP contribution in [0, 0.1) is 5.92 Å². The third-order valence-corrected chi connectivity index (χ3v) is 11.5. The fourth-order valence-corrected chi connectivity index (χ4v) is 8.81. The monoisotopic (exact) mass is 624 g/mol. The average molecular weight is 625 g/mol. The minimum absolute atomic E-state index is 0.192. The van der Waals surface area contributed by atoms with E-state index in [-0.39, 0.29) is 17.7 Å². The number of aromatic nitrogens is 1. The van der Waals surface area contributed by atoms with Crippen LogP contribution >= 0.6 is 22.7 Å². The Morgan fingerprint density at radius 1 is 0.773 bits per heavy atom. The highest BCUT2D eigenvalue weighted by molar-refractivity contribution is 7.25. The first kappa shape index (κ1) is 30.5. The van der Waals surface area contributed by atoms with Crippen LogP contribution < -0.4 is 0 Å². The van der Waals surface area contributed by atoms with Gasteiger partial charge in [0, 0.05) is 44.6 Å². The summed E-state index contributed by atoms with van der Waals surface area (Å²) < 4.78 is 2.43. The van der Waals surface area contributed by atoms with Gasteiger partial charge >= 0.3 is 0 Å². The topological polar surface area (TPSA) is 59.4 Å². The van der Waals surface area contributed by atoms with Gasteiger partial charge in [0.25, 0.3) is 11.8 Å². The molecule has 7 heteroatoms. The third-order valence-electron chi connectivity index (χ3n) is 9.05. The Bertz CT molecular complexity index is 1840. The quantitative estimate of drug-likeness (QED) is 0.0702. The van der Waals surface area contributed by atoms with E-state index in [1.165, 1.54) is 63.3 Å². The molecule has 228 valence electrons. The molecule has 5 nitrogen and oxygen atoms in total. The fourth-order valence-electron chi connectivity index (χ4n) is 6.59.